The molecule has 0 radical (unpaired) electrons. The summed E-state index contributed by atoms with van der Waals surface area (Å²) >= 11 is 0. The summed E-state index contributed by atoms with van der Waals surface area (Å²) < 4.78 is 33.3. The minimum absolute atomic E-state index is 0.322. The van der Waals surface area contributed by atoms with E-state index < -0.39 is 18.4 Å². The van der Waals surface area contributed by atoms with Crippen molar-refractivity contribution >= 4 is 18.4 Å². The average molecular weight is 316 g/mol. The zero-order chi connectivity index (χ0) is 15.6. The van der Waals surface area contributed by atoms with Crippen molar-refractivity contribution < 1.29 is 17.0 Å². The van der Waals surface area contributed by atoms with Crippen molar-refractivity contribution in [2.45, 2.75) is 45.5 Å². The van der Waals surface area contributed by atoms with Crippen molar-refractivity contribution in [1.82, 2.24) is 0 Å². The normalized spacial score (nSPS) is 15.7. The molecule has 0 aliphatic carbocycles. The number of hydrogen-bond donors (Lipinski definition) is 0. The van der Waals surface area contributed by atoms with Crippen LogP contribution >= 0.6 is 0 Å². The first kappa shape index (κ1) is 17.2. The topological polar surface area (TPSA) is 52.6 Å². The van der Waals surface area contributed by atoms with E-state index >= 15 is 0 Å². The van der Waals surface area contributed by atoms with Crippen molar-refractivity contribution in [3.63, 3.8) is 0 Å². The first-order valence-corrected chi connectivity index (χ1v) is 11.9. The summed E-state index contributed by atoms with van der Waals surface area (Å²) in [6.45, 7) is 10.6. The summed E-state index contributed by atoms with van der Waals surface area (Å²) in [6, 6.07) is 7.06. The summed E-state index contributed by atoms with van der Waals surface area (Å²) in [5, 5.41) is 0. The van der Waals surface area contributed by atoms with Crippen LogP contribution in [0.15, 0.2) is 24.3 Å². The van der Waals surface area contributed by atoms with Crippen molar-refractivity contribution in [1.29, 1.82) is 0 Å². The molecule has 114 valence electrons. The van der Waals surface area contributed by atoms with Crippen molar-refractivity contribution in [2.24, 2.45) is 0 Å². The van der Waals surface area contributed by atoms with Gasteiger partial charge < -0.3 is 8.61 Å². The van der Waals surface area contributed by atoms with Crippen LogP contribution in [0.1, 0.15) is 25.8 Å². The number of benzene rings is 1. The van der Waals surface area contributed by atoms with Gasteiger partial charge >= 0.3 is 10.1 Å². The standard InChI is InChI=1S/C14H24O4SSi/c1-7-14(2,18-20(4,5)6)12-8-10-13(11-9-12)17-19(3,15)16/h8-11H,7H2,1-6H3. The molecule has 0 amide bonds. The van der Waals surface area contributed by atoms with Gasteiger partial charge in [-0.2, -0.15) is 8.42 Å². The zero-order valence-corrected chi connectivity index (χ0v) is 14.9. The molecular weight excluding hydrogens is 292 g/mol. The smallest absolute Gasteiger partial charge is 0.306 e. The minimum Gasteiger partial charge on any atom is -0.408 e. The maximum Gasteiger partial charge on any atom is 0.306 e. The van der Waals surface area contributed by atoms with Crippen LogP contribution in [0.2, 0.25) is 19.6 Å². The van der Waals surface area contributed by atoms with E-state index in [2.05, 4.69) is 33.5 Å². The molecule has 0 saturated heterocycles. The van der Waals surface area contributed by atoms with Gasteiger partial charge in [-0.25, -0.2) is 0 Å². The predicted octanol–water partition coefficient (Wildman–Crippen LogP) is 3.50. The number of hydrogen-bond acceptors (Lipinski definition) is 4. The van der Waals surface area contributed by atoms with Gasteiger partial charge in [0.15, 0.2) is 8.32 Å². The molecule has 20 heavy (non-hydrogen) atoms. The Kier molecular flexibility index (Phi) is 5.05. The molecule has 1 aromatic carbocycles. The first-order chi connectivity index (χ1) is 8.95. The minimum atomic E-state index is -3.48. The summed E-state index contributed by atoms with van der Waals surface area (Å²) in [5.41, 5.74) is 0.678. The highest BCUT2D eigenvalue weighted by Gasteiger charge is 2.31. The van der Waals surface area contributed by atoms with Crippen LogP contribution in [0.25, 0.3) is 0 Å². The molecule has 0 aliphatic rings. The van der Waals surface area contributed by atoms with Gasteiger partial charge in [0.25, 0.3) is 0 Å². The van der Waals surface area contributed by atoms with Crippen LogP contribution in [0, 0.1) is 0 Å². The van der Waals surface area contributed by atoms with Crippen LogP contribution in [-0.4, -0.2) is 23.0 Å². The molecule has 1 rings (SSSR count). The fourth-order valence-corrected chi connectivity index (χ4v) is 4.12. The van der Waals surface area contributed by atoms with Gasteiger partial charge in [-0.05, 0) is 50.7 Å². The van der Waals surface area contributed by atoms with Crippen LogP contribution in [0.4, 0.5) is 0 Å². The average Bonchev–Trinajstić information content (AvgIpc) is 2.25. The van der Waals surface area contributed by atoms with Gasteiger partial charge in [0.2, 0.25) is 0 Å². The van der Waals surface area contributed by atoms with Crippen LogP contribution in [0.5, 0.6) is 5.75 Å². The molecule has 0 heterocycles. The lowest BCUT2D eigenvalue weighted by Gasteiger charge is -2.36. The third-order valence-electron chi connectivity index (χ3n) is 2.92. The lowest BCUT2D eigenvalue weighted by Crippen LogP contribution is -2.38. The summed E-state index contributed by atoms with van der Waals surface area (Å²) in [5.74, 6) is 0.322. The van der Waals surface area contributed by atoms with Gasteiger partial charge in [0.05, 0.1) is 11.9 Å². The van der Waals surface area contributed by atoms with Gasteiger partial charge in [-0.3, -0.25) is 0 Å². The highest BCUT2D eigenvalue weighted by Crippen LogP contribution is 2.33. The van der Waals surface area contributed by atoms with E-state index in [-0.39, 0.29) is 5.60 Å². The molecule has 6 heteroatoms. The van der Waals surface area contributed by atoms with Crippen LogP contribution < -0.4 is 4.18 Å². The van der Waals surface area contributed by atoms with E-state index in [0.29, 0.717) is 5.75 Å². The molecule has 0 aliphatic heterocycles. The van der Waals surface area contributed by atoms with Gasteiger partial charge in [-0.1, -0.05) is 19.1 Å². The van der Waals surface area contributed by atoms with E-state index in [1.807, 2.05) is 12.1 Å². The molecule has 1 aromatic rings. The quantitative estimate of drug-likeness (QED) is 0.595. The lowest BCUT2D eigenvalue weighted by atomic mass is 9.93. The molecule has 1 atom stereocenters. The molecular formula is C14H24O4SSi. The fourth-order valence-electron chi connectivity index (χ4n) is 2.05. The molecule has 0 fully saturated rings. The molecule has 1 unspecified atom stereocenters. The Bertz CT molecular complexity index is 546. The van der Waals surface area contributed by atoms with E-state index in [1.54, 1.807) is 12.1 Å². The highest BCUT2D eigenvalue weighted by atomic mass is 32.2. The third kappa shape index (κ3) is 5.26. The second-order valence-electron chi connectivity index (χ2n) is 6.11. The van der Waals surface area contributed by atoms with Gasteiger partial charge in [0.1, 0.15) is 5.75 Å². The Morgan fingerprint density at radius 1 is 1.15 bits per heavy atom. The Hall–Kier alpha value is -0.853. The Labute approximate surface area is 123 Å². The molecule has 0 bridgehead atoms. The van der Waals surface area contributed by atoms with Crippen LogP contribution in [-0.2, 0) is 20.1 Å². The van der Waals surface area contributed by atoms with E-state index in [0.717, 1.165) is 18.2 Å². The van der Waals surface area contributed by atoms with Crippen molar-refractivity contribution in [2.75, 3.05) is 6.26 Å². The second kappa shape index (κ2) is 5.87. The second-order valence-corrected chi connectivity index (χ2v) is 12.1. The molecule has 0 spiro atoms. The summed E-state index contributed by atoms with van der Waals surface area (Å²) in [4.78, 5) is 0. The highest BCUT2D eigenvalue weighted by molar-refractivity contribution is 7.86. The van der Waals surface area contributed by atoms with Crippen LogP contribution in [0.3, 0.4) is 0 Å². The molecule has 0 aromatic heterocycles. The SMILES string of the molecule is CCC(C)(O[Si](C)(C)C)c1ccc(OS(C)(=O)=O)cc1. The monoisotopic (exact) mass is 316 g/mol. The third-order valence-corrected chi connectivity index (χ3v) is 4.48. The van der Waals surface area contributed by atoms with Gasteiger partial charge in [0, 0.05) is 0 Å². The largest absolute Gasteiger partial charge is 0.408 e. The maximum absolute atomic E-state index is 11.1. The molecule has 0 saturated carbocycles. The molecule has 4 nitrogen and oxygen atoms in total. The maximum atomic E-state index is 11.1. The Morgan fingerprint density at radius 3 is 2.00 bits per heavy atom. The van der Waals surface area contributed by atoms with Crippen molar-refractivity contribution in [3.05, 3.63) is 29.8 Å². The first-order valence-electron chi connectivity index (χ1n) is 6.65. The predicted molar refractivity (Wildman–Crippen MR) is 84.0 cm³/mol. The fraction of sp³-hybridized carbons (Fsp3) is 0.571. The number of rotatable bonds is 6. The summed E-state index contributed by atoms with van der Waals surface area (Å²) in [6.07, 6.45) is 1.88. The summed E-state index contributed by atoms with van der Waals surface area (Å²) in [7, 11) is -5.16. The lowest BCUT2D eigenvalue weighted by molar-refractivity contribution is 0.0740. The van der Waals surface area contributed by atoms with Gasteiger partial charge in [-0.15, -0.1) is 0 Å². The van der Waals surface area contributed by atoms with Crippen molar-refractivity contribution in [3.8, 4) is 5.75 Å². The Morgan fingerprint density at radius 2 is 1.65 bits per heavy atom. The zero-order valence-electron chi connectivity index (χ0n) is 13.1. The molecule has 0 N–H and O–H groups in total. The van der Waals surface area contributed by atoms with E-state index in [9.17, 15) is 8.42 Å². The van der Waals surface area contributed by atoms with E-state index in [1.165, 1.54) is 0 Å². The van der Waals surface area contributed by atoms with E-state index in [4.69, 9.17) is 8.61 Å². The Balaban J connectivity index is 3.01.